The third-order valence-electron chi connectivity index (χ3n) is 4.84. The average molecular weight is 372 g/mol. The molecule has 7 heteroatoms. The first-order valence-corrected chi connectivity index (χ1v) is 10.8. The third kappa shape index (κ3) is 2.86. The Morgan fingerprint density at radius 1 is 1.28 bits per heavy atom. The number of thiophene rings is 1. The van der Waals surface area contributed by atoms with Crippen LogP contribution in [0.25, 0.3) is 11.1 Å². The molecule has 1 N–H and O–H groups in total. The number of hydrogen-bond donors (Lipinski definition) is 1. The third-order valence-corrected chi connectivity index (χ3v) is 7.77. The van der Waals surface area contributed by atoms with E-state index in [1.54, 1.807) is 0 Å². The summed E-state index contributed by atoms with van der Waals surface area (Å²) >= 11 is 1.43. The second-order valence-electron chi connectivity index (χ2n) is 6.46. The van der Waals surface area contributed by atoms with E-state index in [4.69, 9.17) is 0 Å². The largest absolute Gasteiger partial charge is 0.316 e. The van der Waals surface area contributed by atoms with Crippen molar-refractivity contribution in [3.63, 3.8) is 0 Å². The second kappa shape index (κ2) is 5.97. The molecule has 2 aromatic rings. The van der Waals surface area contributed by atoms with Gasteiger partial charge in [0.05, 0.1) is 23.0 Å². The molecule has 4 rings (SSSR count). The average Bonchev–Trinajstić information content (AvgIpc) is 3.14. The van der Waals surface area contributed by atoms with Crippen LogP contribution in [-0.2, 0) is 27.5 Å². The molecular formula is C18H16N2O3S2. The highest BCUT2D eigenvalue weighted by Gasteiger charge is 2.34. The van der Waals surface area contributed by atoms with E-state index in [-0.39, 0.29) is 17.4 Å². The number of fused-ring (bicyclic) bond motifs is 3. The number of carbonyl (C=O) groups excluding carboxylic acids is 1. The summed E-state index contributed by atoms with van der Waals surface area (Å²) in [4.78, 5) is 13.6. The summed E-state index contributed by atoms with van der Waals surface area (Å²) in [5.41, 5.74) is 3.68. The molecule has 0 radical (unpaired) electrons. The summed E-state index contributed by atoms with van der Waals surface area (Å²) < 4.78 is 23.2. The minimum Gasteiger partial charge on any atom is -0.316 e. The van der Waals surface area contributed by atoms with Crippen LogP contribution >= 0.6 is 11.3 Å². The van der Waals surface area contributed by atoms with Crippen LogP contribution in [0.1, 0.15) is 22.4 Å². The Hall–Kier alpha value is -2.17. The Kier molecular flexibility index (Phi) is 3.89. The minimum atomic E-state index is -3.11. The van der Waals surface area contributed by atoms with Gasteiger partial charge in [-0.05, 0) is 30.4 Å². The van der Waals surface area contributed by atoms with Gasteiger partial charge in [0, 0.05) is 10.4 Å². The molecule has 1 aromatic heterocycles. The standard InChI is InChI=1S/C18H16N2O3S2/c19-9-14-16-13-4-2-1-3-11(13)5-6-15(16)24-18(14)20-17(21)12-7-8-25(22,23)10-12/h1-4,12H,5-8,10H2,(H,20,21). The van der Waals surface area contributed by atoms with E-state index in [1.165, 1.54) is 16.9 Å². The quantitative estimate of drug-likeness (QED) is 0.878. The first-order valence-electron chi connectivity index (χ1n) is 8.14. The van der Waals surface area contributed by atoms with Crippen LogP contribution in [0.2, 0.25) is 0 Å². The minimum absolute atomic E-state index is 0.0600. The van der Waals surface area contributed by atoms with Crippen molar-refractivity contribution in [2.24, 2.45) is 5.92 Å². The van der Waals surface area contributed by atoms with Crippen molar-refractivity contribution < 1.29 is 13.2 Å². The van der Waals surface area contributed by atoms with Gasteiger partial charge in [0.15, 0.2) is 9.84 Å². The monoisotopic (exact) mass is 372 g/mol. The van der Waals surface area contributed by atoms with Gasteiger partial charge in [0.25, 0.3) is 0 Å². The van der Waals surface area contributed by atoms with Gasteiger partial charge in [-0.1, -0.05) is 24.3 Å². The number of sulfone groups is 1. The van der Waals surface area contributed by atoms with Gasteiger partial charge in [0.2, 0.25) is 5.91 Å². The Labute approximate surface area is 150 Å². The highest BCUT2D eigenvalue weighted by atomic mass is 32.2. The number of nitrogens with one attached hydrogen (secondary N) is 1. The maximum Gasteiger partial charge on any atom is 0.229 e. The summed E-state index contributed by atoms with van der Waals surface area (Å²) in [7, 11) is -3.11. The highest BCUT2D eigenvalue weighted by molar-refractivity contribution is 7.91. The van der Waals surface area contributed by atoms with E-state index >= 15 is 0 Å². The van der Waals surface area contributed by atoms with Crippen LogP contribution in [0.15, 0.2) is 24.3 Å². The van der Waals surface area contributed by atoms with E-state index in [0.29, 0.717) is 17.0 Å². The first kappa shape index (κ1) is 16.3. The molecule has 5 nitrogen and oxygen atoms in total. The Balaban J connectivity index is 1.68. The van der Waals surface area contributed by atoms with Gasteiger partial charge >= 0.3 is 0 Å². The summed E-state index contributed by atoms with van der Waals surface area (Å²) in [6.45, 7) is 0. The molecule has 1 unspecified atom stereocenters. The van der Waals surface area contributed by atoms with Crippen LogP contribution < -0.4 is 5.32 Å². The fourth-order valence-corrected chi connectivity index (χ4v) is 6.49. The van der Waals surface area contributed by atoms with Gasteiger partial charge in [-0.2, -0.15) is 5.26 Å². The fraction of sp³-hybridized carbons (Fsp3) is 0.333. The molecule has 2 aliphatic rings. The normalized spacial score (nSPS) is 20.4. The molecule has 0 spiro atoms. The maximum atomic E-state index is 12.5. The van der Waals surface area contributed by atoms with Crippen molar-refractivity contribution in [3.05, 3.63) is 40.3 Å². The van der Waals surface area contributed by atoms with Crippen molar-refractivity contribution in [1.29, 1.82) is 5.26 Å². The topological polar surface area (TPSA) is 87.0 Å². The molecule has 0 saturated carbocycles. The van der Waals surface area contributed by atoms with Gasteiger partial charge in [-0.25, -0.2) is 8.42 Å². The molecule has 1 aliphatic carbocycles. The van der Waals surface area contributed by atoms with Crippen LogP contribution in [0, 0.1) is 17.2 Å². The number of hydrogen-bond acceptors (Lipinski definition) is 5. The Bertz CT molecular complexity index is 1020. The molecule has 25 heavy (non-hydrogen) atoms. The summed E-state index contributed by atoms with van der Waals surface area (Å²) in [6, 6.07) is 10.3. The van der Waals surface area contributed by atoms with E-state index in [2.05, 4.69) is 17.5 Å². The number of amides is 1. The molecular weight excluding hydrogens is 356 g/mol. The lowest BCUT2D eigenvalue weighted by Gasteiger charge is -2.16. The molecule has 2 heterocycles. The predicted molar refractivity (Wildman–Crippen MR) is 97.3 cm³/mol. The lowest BCUT2D eigenvalue weighted by atomic mass is 9.88. The van der Waals surface area contributed by atoms with Crippen molar-refractivity contribution in [2.75, 3.05) is 16.8 Å². The SMILES string of the molecule is N#Cc1c(NC(=O)C2CCS(=O)(=O)C2)sc2c1-c1ccccc1CC2. The van der Waals surface area contributed by atoms with Crippen molar-refractivity contribution in [3.8, 4) is 17.2 Å². The molecule has 1 amide bonds. The number of benzene rings is 1. The Morgan fingerprint density at radius 2 is 2.08 bits per heavy atom. The molecule has 1 aromatic carbocycles. The van der Waals surface area contributed by atoms with E-state index < -0.39 is 15.8 Å². The van der Waals surface area contributed by atoms with Crippen molar-refractivity contribution in [1.82, 2.24) is 0 Å². The number of nitrogens with zero attached hydrogens (tertiary/aromatic N) is 1. The predicted octanol–water partition coefficient (Wildman–Crippen LogP) is 2.76. The van der Waals surface area contributed by atoms with Gasteiger partial charge < -0.3 is 5.32 Å². The summed E-state index contributed by atoms with van der Waals surface area (Å²) in [6.07, 6.45) is 2.12. The highest BCUT2D eigenvalue weighted by Crippen LogP contribution is 2.44. The van der Waals surface area contributed by atoms with E-state index in [1.807, 2.05) is 18.2 Å². The molecule has 128 valence electrons. The molecule has 1 fully saturated rings. The lowest BCUT2D eigenvalue weighted by Crippen LogP contribution is -2.23. The van der Waals surface area contributed by atoms with Crippen molar-refractivity contribution >= 4 is 32.1 Å². The fourth-order valence-electron chi connectivity index (χ4n) is 3.58. The van der Waals surface area contributed by atoms with Gasteiger partial charge in [-0.15, -0.1) is 11.3 Å². The van der Waals surface area contributed by atoms with Crippen LogP contribution in [-0.4, -0.2) is 25.8 Å². The molecule has 1 atom stereocenters. The molecule has 0 bridgehead atoms. The zero-order chi connectivity index (χ0) is 17.6. The molecule has 1 aliphatic heterocycles. The zero-order valence-corrected chi connectivity index (χ0v) is 15.0. The second-order valence-corrected chi connectivity index (χ2v) is 9.80. The van der Waals surface area contributed by atoms with Gasteiger partial charge in [-0.3, -0.25) is 4.79 Å². The lowest BCUT2D eigenvalue weighted by molar-refractivity contribution is -0.119. The number of carbonyl (C=O) groups is 1. The number of aryl methyl sites for hydroxylation is 2. The number of nitriles is 1. The Morgan fingerprint density at radius 3 is 2.80 bits per heavy atom. The molecule has 1 saturated heterocycles. The summed E-state index contributed by atoms with van der Waals surface area (Å²) in [5, 5.41) is 13.0. The number of rotatable bonds is 2. The van der Waals surface area contributed by atoms with Crippen LogP contribution in [0.4, 0.5) is 5.00 Å². The zero-order valence-electron chi connectivity index (χ0n) is 13.4. The van der Waals surface area contributed by atoms with E-state index in [0.717, 1.165) is 28.8 Å². The van der Waals surface area contributed by atoms with E-state index in [9.17, 15) is 18.5 Å². The van der Waals surface area contributed by atoms with Crippen molar-refractivity contribution in [2.45, 2.75) is 19.3 Å². The van der Waals surface area contributed by atoms with Gasteiger partial charge in [0.1, 0.15) is 11.1 Å². The van der Waals surface area contributed by atoms with Crippen LogP contribution in [0.5, 0.6) is 0 Å². The van der Waals surface area contributed by atoms with Crippen LogP contribution in [0.3, 0.4) is 0 Å². The maximum absolute atomic E-state index is 12.5. The summed E-state index contributed by atoms with van der Waals surface area (Å²) in [5.74, 6) is -0.869. The smallest absolute Gasteiger partial charge is 0.229 e. The number of anilines is 1. The first-order chi connectivity index (χ1) is 12.0.